The van der Waals surface area contributed by atoms with Gasteiger partial charge in [0.1, 0.15) is 0 Å². The Labute approximate surface area is 133 Å². The minimum absolute atomic E-state index is 1.17. The lowest BCUT2D eigenvalue weighted by Gasteiger charge is -2.39. The van der Waals surface area contributed by atoms with E-state index in [0.717, 1.165) is 0 Å². The average molecular weight is 420 g/mol. The first-order chi connectivity index (χ1) is 10.2. The van der Waals surface area contributed by atoms with Gasteiger partial charge in [0, 0.05) is 4.90 Å². The normalized spacial score (nSPS) is 16.1. The molecule has 15 heteroatoms. The largest absolute Gasteiger partial charge is 0.460 e. The molecule has 0 heterocycles. The third-order valence-electron chi connectivity index (χ3n) is 2.86. The second kappa shape index (κ2) is 5.14. The SMILES string of the molecule is FC(F)(F)C(F)(F)C(F)(F)C(F)(F)C(F)(F)C(F)(F)c1c(S)c1=S. The Balaban J connectivity index is 3.52. The van der Waals surface area contributed by atoms with Gasteiger partial charge in [0.25, 0.3) is 0 Å². The van der Waals surface area contributed by atoms with Crippen molar-refractivity contribution < 1.29 is 57.1 Å². The van der Waals surface area contributed by atoms with Crippen LogP contribution in [-0.2, 0) is 5.92 Å². The summed E-state index contributed by atoms with van der Waals surface area (Å²) < 4.78 is 164. The molecule has 0 amide bonds. The molecule has 0 bridgehead atoms. The van der Waals surface area contributed by atoms with Crippen LogP contribution >= 0.6 is 24.8 Å². The van der Waals surface area contributed by atoms with Gasteiger partial charge >= 0.3 is 35.8 Å². The fraction of sp³-hybridized carbons (Fsp3) is 0.667. The minimum atomic E-state index is -7.90. The van der Waals surface area contributed by atoms with Crippen LogP contribution in [0.4, 0.5) is 57.1 Å². The van der Waals surface area contributed by atoms with E-state index in [1.54, 1.807) is 0 Å². The van der Waals surface area contributed by atoms with Crippen LogP contribution in [0, 0.1) is 4.51 Å². The summed E-state index contributed by atoms with van der Waals surface area (Å²) in [6.45, 7) is 0. The molecule has 0 spiro atoms. The van der Waals surface area contributed by atoms with Crippen LogP contribution in [0.5, 0.6) is 0 Å². The van der Waals surface area contributed by atoms with E-state index in [2.05, 4.69) is 24.8 Å². The molecular formula is C9HF13S2. The van der Waals surface area contributed by atoms with E-state index in [1.165, 1.54) is 0 Å². The maximum Gasteiger partial charge on any atom is 0.460 e. The highest BCUT2D eigenvalue weighted by Gasteiger charge is 2.91. The smallest absolute Gasteiger partial charge is 0.194 e. The molecule has 0 atom stereocenters. The maximum atomic E-state index is 13.3. The Morgan fingerprint density at radius 3 is 1.12 bits per heavy atom. The van der Waals surface area contributed by atoms with Crippen molar-refractivity contribution in [2.24, 2.45) is 0 Å². The minimum Gasteiger partial charge on any atom is -0.194 e. The molecule has 0 saturated carbocycles. The van der Waals surface area contributed by atoms with E-state index in [9.17, 15) is 57.1 Å². The summed E-state index contributed by atoms with van der Waals surface area (Å²) in [5, 5.41) is 0. The summed E-state index contributed by atoms with van der Waals surface area (Å²) in [7, 11) is 0. The lowest BCUT2D eigenvalue weighted by Crippen LogP contribution is -2.69. The number of thiol groups is 1. The number of hydrogen-bond donors (Lipinski definition) is 1. The molecule has 0 unspecified atom stereocenters. The summed E-state index contributed by atoms with van der Waals surface area (Å²) in [5.74, 6) is -37.1. The highest BCUT2D eigenvalue weighted by atomic mass is 32.1. The van der Waals surface area contributed by atoms with Crippen molar-refractivity contribution in [3.63, 3.8) is 0 Å². The van der Waals surface area contributed by atoms with Gasteiger partial charge < -0.3 is 0 Å². The standard InChI is InChI=1S/C9HF13S2/c10-4(11,1-2(23)3(1)24)5(12,13)6(14,15)7(16,17)8(18,19)9(20,21)22/h23H. The zero-order valence-electron chi connectivity index (χ0n) is 10.3. The van der Waals surface area contributed by atoms with E-state index in [4.69, 9.17) is 0 Å². The molecule has 0 aliphatic carbocycles. The van der Waals surface area contributed by atoms with E-state index in [1.807, 2.05) is 0 Å². The predicted molar refractivity (Wildman–Crippen MR) is 56.6 cm³/mol. The second-order valence-electron chi connectivity index (χ2n) is 4.42. The molecule has 24 heavy (non-hydrogen) atoms. The Bertz CT molecular complexity index is 646. The fourth-order valence-electron chi connectivity index (χ4n) is 1.38. The van der Waals surface area contributed by atoms with Crippen molar-refractivity contribution in [2.45, 2.75) is 40.7 Å². The van der Waals surface area contributed by atoms with Crippen molar-refractivity contribution >= 4 is 24.8 Å². The first kappa shape index (κ1) is 21.3. The van der Waals surface area contributed by atoms with E-state index < -0.39 is 50.8 Å². The summed E-state index contributed by atoms with van der Waals surface area (Å²) in [5.41, 5.74) is -2.13. The Morgan fingerprint density at radius 2 is 0.875 bits per heavy atom. The molecule has 1 aromatic carbocycles. The number of halogens is 13. The molecule has 0 aliphatic rings. The van der Waals surface area contributed by atoms with Crippen LogP contribution in [0.1, 0.15) is 5.56 Å². The number of rotatable bonds is 5. The molecule has 1 aromatic rings. The summed E-state index contributed by atoms with van der Waals surface area (Å²) >= 11 is 6.96. The van der Waals surface area contributed by atoms with Gasteiger partial charge in [-0.1, -0.05) is 12.2 Å². The third-order valence-corrected chi connectivity index (χ3v) is 3.87. The molecule has 0 nitrogen and oxygen atoms in total. The van der Waals surface area contributed by atoms with Gasteiger partial charge in [-0.25, -0.2) is 0 Å². The Hall–Kier alpha value is -0.730. The first-order valence-electron chi connectivity index (χ1n) is 5.13. The van der Waals surface area contributed by atoms with Crippen molar-refractivity contribution in [1.29, 1.82) is 0 Å². The van der Waals surface area contributed by atoms with Crippen molar-refractivity contribution in [2.75, 3.05) is 0 Å². The highest BCUT2D eigenvalue weighted by molar-refractivity contribution is 7.81. The second-order valence-corrected chi connectivity index (χ2v) is 5.28. The molecule has 1 rings (SSSR count). The molecule has 0 aliphatic heterocycles. The number of hydrogen-bond acceptors (Lipinski definition) is 2. The van der Waals surface area contributed by atoms with Crippen LogP contribution in [0.2, 0.25) is 0 Å². The fourth-order valence-corrected chi connectivity index (χ4v) is 2.04. The molecule has 0 aromatic heterocycles. The van der Waals surface area contributed by atoms with E-state index >= 15 is 0 Å². The topological polar surface area (TPSA) is 0 Å². The molecule has 0 radical (unpaired) electrons. The quantitative estimate of drug-likeness (QED) is 0.358. The number of alkyl halides is 13. The van der Waals surface area contributed by atoms with Crippen molar-refractivity contribution in [1.82, 2.24) is 0 Å². The summed E-state index contributed by atoms with van der Waals surface area (Å²) in [6.07, 6.45) is -7.42. The Kier molecular flexibility index (Phi) is 4.57. The molecular weight excluding hydrogens is 419 g/mol. The van der Waals surface area contributed by atoms with Gasteiger partial charge in [0.05, 0.1) is 10.1 Å². The van der Waals surface area contributed by atoms with Crippen LogP contribution in [0.15, 0.2) is 4.90 Å². The summed E-state index contributed by atoms with van der Waals surface area (Å²) in [4.78, 5) is -1.17. The molecule has 140 valence electrons. The van der Waals surface area contributed by atoms with E-state index in [-0.39, 0.29) is 0 Å². The predicted octanol–water partition coefficient (Wildman–Crippen LogP) is 5.78. The molecule has 0 fully saturated rings. The highest BCUT2D eigenvalue weighted by Crippen LogP contribution is 2.63. The van der Waals surface area contributed by atoms with Crippen LogP contribution in [0.3, 0.4) is 0 Å². The monoisotopic (exact) mass is 420 g/mol. The van der Waals surface area contributed by atoms with E-state index in [0.29, 0.717) is 0 Å². The van der Waals surface area contributed by atoms with Crippen LogP contribution in [0.25, 0.3) is 0 Å². The van der Waals surface area contributed by atoms with Gasteiger partial charge in [0.15, 0.2) is 0 Å². The maximum absolute atomic E-state index is 13.3. The van der Waals surface area contributed by atoms with Gasteiger partial charge in [-0.2, -0.15) is 57.1 Å². The van der Waals surface area contributed by atoms with Gasteiger partial charge in [-0.15, -0.1) is 12.6 Å². The van der Waals surface area contributed by atoms with Crippen LogP contribution in [-0.4, -0.2) is 29.9 Å². The van der Waals surface area contributed by atoms with Gasteiger partial charge in [-0.3, -0.25) is 0 Å². The zero-order valence-corrected chi connectivity index (χ0v) is 12.0. The molecule has 0 saturated heterocycles. The van der Waals surface area contributed by atoms with Crippen molar-refractivity contribution in [3.8, 4) is 0 Å². The summed E-state index contributed by atoms with van der Waals surface area (Å²) in [6, 6.07) is 0. The van der Waals surface area contributed by atoms with Crippen molar-refractivity contribution in [3.05, 3.63) is 10.1 Å². The third kappa shape index (κ3) is 2.41. The first-order valence-corrected chi connectivity index (χ1v) is 5.99. The Morgan fingerprint density at radius 1 is 0.583 bits per heavy atom. The van der Waals surface area contributed by atoms with Gasteiger partial charge in [-0.05, 0) is 0 Å². The lowest BCUT2D eigenvalue weighted by atomic mass is 9.93. The zero-order chi connectivity index (χ0) is 19.7. The van der Waals surface area contributed by atoms with Crippen LogP contribution < -0.4 is 0 Å². The van der Waals surface area contributed by atoms with Gasteiger partial charge in [0.2, 0.25) is 0 Å². The average Bonchev–Trinajstić information content (AvgIpc) is 2.95. The molecule has 0 N–H and O–H groups in total. The lowest BCUT2D eigenvalue weighted by molar-refractivity contribution is -0.441.